The van der Waals surface area contributed by atoms with Gasteiger partial charge in [-0.2, -0.15) is 0 Å². The lowest BCUT2D eigenvalue weighted by atomic mass is 9.68. The van der Waals surface area contributed by atoms with Crippen LogP contribution < -0.4 is 5.46 Å². The molecule has 4 atom stereocenters. The Hall–Kier alpha value is -1.65. The van der Waals surface area contributed by atoms with Gasteiger partial charge in [0.15, 0.2) is 0 Å². The third-order valence-electron chi connectivity index (χ3n) is 8.53. The van der Waals surface area contributed by atoms with Gasteiger partial charge >= 0.3 is 7.12 Å². The maximum atomic E-state index is 6.17. The van der Waals surface area contributed by atoms with E-state index in [0.717, 1.165) is 34.8 Å². The summed E-state index contributed by atoms with van der Waals surface area (Å²) in [6.45, 7) is 8.34. The van der Waals surface area contributed by atoms with Crippen LogP contribution in [0, 0.1) is 11.8 Å². The highest BCUT2D eigenvalue weighted by Gasteiger charge is 2.52. The molecule has 3 nitrogen and oxygen atoms in total. The van der Waals surface area contributed by atoms with Crippen molar-refractivity contribution >= 4 is 12.6 Å². The largest absolute Gasteiger partial charge is 0.496 e. The number of fused-ring (bicyclic) bond motifs is 5. The fourth-order valence-corrected chi connectivity index (χ4v) is 6.31. The van der Waals surface area contributed by atoms with E-state index in [0.29, 0.717) is 0 Å². The Bertz CT molecular complexity index is 949. The molecule has 0 N–H and O–H groups in total. The predicted molar refractivity (Wildman–Crippen MR) is 116 cm³/mol. The minimum atomic E-state index is -0.351. The van der Waals surface area contributed by atoms with Gasteiger partial charge in [0, 0.05) is 17.2 Å². The molecule has 4 unspecified atom stereocenters. The van der Waals surface area contributed by atoms with E-state index in [9.17, 15) is 0 Å². The van der Waals surface area contributed by atoms with Crippen LogP contribution in [0.15, 0.2) is 36.5 Å². The molecule has 0 spiro atoms. The molecule has 4 heteroatoms. The van der Waals surface area contributed by atoms with Gasteiger partial charge in [-0.15, -0.1) is 0 Å². The lowest BCUT2D eigenvalue weighted by molar-refractivity contribution is 0.00578. The summed E-state index contributed by atoms with van der Waals surface area (Å²) in [5, 5.41) is 0. The van der Waals surface area contributed by atoms with Crippen molar-refractivity contribution in [3.8, 4) is 11.3 Å². The van der Waals surface area contributed by atoms with Crippen LogP contribution in [0.25, 0.3) is 11.3 Å². The highest BCUT2D eigenvalue weighted by molar-refractivity contribution is 6.62. The molecule has 4 aliphatic rings. The first-order valence-electron chi connectivity index (χ1n) is 11.3. The van der Waals surface area contributed by atoms with Crippen LogP contribution in [0.2, 0.25) is 0 Å². The fraction of sp³-hybridized carbons (Fsp3) is 0.560. The van der Waals surface area contributed by atoms with E-state index >= 15 is 0 Å². The summed E-state index contributed by atoms with van der Waals surface area (Å²) in [6.07, 6.45) is 7.63. The monoisotopic (exact) mass is 387 g/mol. The number of hydrogen-bond acceptors (Lipinski definition) is 3. The molecule has 1 saturated heterocycles. The summed E-state index contributed by atoms with van der Waals surface area (Å²) in [6, 6.07) is 11.4. The molecular weight excluding hydrogens is 357 g/mol. The van der Waals surface area contributed by atoms with E-state index in [2.05, 4.69) is 58.0 Å². The second kappa shape index (κ2) is 5.95. The molecule has 150 valence electrons. The molecule has 2 saturated carbocycles. The normalized spacial score (nSPS) is 33.2. The van der Waals surface area contributed by atoms with Gasteiger partial charge in [-0.25, -0.2) is 0 Å². The zero-order valence-electron chi connectivity index (χ0n) is 17.9. The van der Waals surface area contributed by atoms with Crippen molar-refractivity contribution in [2.45, 2.75) is 76.4 Å². The van der Waals surface area contributed by atoms with E-state index in [4.69, 9.17) is 14.3 Å². The summed E-state index contributed by atoms with van der Waals surface area (Å²) in [5.74, 6) is 3.52. The predicted octanol–water partition coefficient (Wildman–Crippen LogP) is 5.05. The maximum Gasteiger partial charge on any atom is 0.496 e. The summed E-state index contributed by atoms with van der Waals surface area (Å²) in [7, 11) is -0.351. The first-order chi connectivity index (χ1) is 13.8. The lowest BCUT2D eigenvalue weighted by Gasteiger charge is -2.36. The number of aromatic nitrogens is 1. The van der Waals surface area contributed by atoms with Crippen molar-refractivity contribution in [1.82, 2.24) is 4.98 Å². The van der Waals surface area contributed by atoms with Gasteiger partial charge in [0.05, 0.1) is 16.9 Å². The topological polar surface area (TPSA) is 31.4 Å². The molecule has 6 rings (SSSR count). The van der Waals surface area contributed by atoms with Gasteiger partial charge < -0.3 is 9.31 Å². The molecule has 1 aromatic heterocycles. The number of nitrogens with zero attached hydrogens (tertiary/aromatic N) is 1. The highest BCUT2D eigenvalue weighted by Crippen LogP contribution is 2.60. The van der Waals surface area contributed by atoms with Crippen LogP contribution in [0.3, 0.4) is 0 Å². The van der Waals surface area contributed by atoms with E-state index < -0.39 is 0 Å². The Balaban J connectivity index is 1.28. The molecule has 29 heavy (non-hydrogen) atoms. The number of pyridine rings is 1. The summed E-state index contributed by atoms with van der Waals surface area (Å²) < 4.78 is 12.3. The smallest absolute Gasteiger partial charge is 0.399 e. The quantitative estimate of drug-likeness (QED) is 0.676. The van der Waals surface area contributed by atoms with Crippen LogP contribution >= 0.6 is 0 Å². The van der Waals surface area contributed by atoms with Crippen molar-refractivity contribution in [1.29, 1.82) is 0 Å². The van der Waals surface area contributed by atoms with Crippen molar-refractivity contribution in [2.24, 2.45) is 11.8 Å². The second-order valence-electron chi connectivity index (χ2n) is 10.8. The van der Waals surface area contributed by atoms with Crippen LogP contribution in [-0.2, 0) is 9.31 Å². The van der Waals surface area contributed by atoms with Crippen LogP contribution in [0.4, 0.5) is 0 Å². The van der Waals surface area contributed by atoms with Crippen LogP contribution in [0.1, 0.15) is 76.3 Å². The minimum Gasteiger partial charge on any atom is -0.399 e. The highest BCUT2D eigenvalue weighted by atomic mass is 16.7. The zero-order valence-corrected chi connectivity index (χ0v) is 17.9. The molecule has 2 aromatic rings. The third kappa shape index (κ3) is 2.68. The maximum absolute atomic E-state index is 6.17. The van der Waals surface area contributed by atoms with Crippen molar-refractivity contribution < 1.29 is 9.31 Å². The van der Waals surface area contributed by atoms with Gasteiger partial charge in [0.25, 0.3) is 0 Å². The Labute approximate surface area is 174 Å². The molecule has 1 aromatic carbocycles. The van der Waals surface area contributed by atoms with Crippen molar-refractivity contribution in [3.05, 3.63) is 47.7 Å². The average molecular weight is 387 g/mol. The molecule has 3 aliphatic carbocycles. The van der Waals surface area contributed by atoms with Crippen molar-refractivity contribution in [2.75, 3.05) is 0 Å². The Kier molecular flexibility index (Phi) is 3.72. The average Bonchev–Trinajstić information content (AvgIpc) is 3.06. The number of hydrogen-bond donors (Lipinski definition) is 0. The molecule has 3 bridgehead atoms. The number of benzene rings is 1. The second-order valence-corrected chi connectivity index (χ2v) is 10.8. The van der Waals surface area contributed by atoms with Gasteiger partial charge in [0.2, 0.25) is 0 Å². The summed E-state index contributed by atoms with van der Waals surface area (Å²) in [5.41, 5.74) is 5.87. The van der Waals surface area contributed by atoms with Crippen LogP contribution in [-0.4, -0.2) is 23.3 Å². The lowest BCUT2D eigenvalue weighted by Crippen LogP contribution is -2.41. The van der Waals surface area contributed by atoms with E-state index in [-0.39, 0.29) is 18.3 Å². The van der Waals surface area contributed by atoms with Gasteiger partial charge in [-0.1, -0.05) is 18.2 Å². The van der Waals surface area contributed by atoms with Gasteiger partial charge in [0.1, 0.15) is 0 Å². The fourth-order valence-electron chi connectivity index (χ4n) is 6.31. The van der Waals surface area contributed by atoms with Gasteiger partial charge in [-0.3, -0.25) is 4.98 Å². The molecule has 0 amide bonds. The SMILES string of the molecule is CC1(C)OB(c2ccc(-c3ccc4c(c3)C3CC5CC(C3)C4C5)nc2)OC1(C)C. The molecule has 3 fully saturated rings. The van der Waals surface area contributed by atoms with E-state index in [1.807, 2.05) is 6.20 Å². The third-order valence-corrected chi connectivity index (χ3v) is 8.53. The van der Waals surface area contributed by atoms with Gasteiger partial charge in [-0.05, 0) is 100 Å². The van der Waals surface area contributed by atoms with E-state index in [1.165, 1.54) is 31.2 Å². The Morgan fingerprint density at radius 1 is 0.897 bits per heavy atom. The molecule has 2 heterocycles. The Morgan fingerprint density at radius 3 is 2.41 bits per heavy atom. The summed E-state index contributed by atoms with van der Waals surface area (Å²) >= 11 is 0. The van der Waals surface area contributed by atoms with Crippen LogP contribution in [0.5, 0.6) is 0 Å². The Morgan fingerprint density at radius 2 is 1.69 bits per heavy atom. The number of rotatable bonds is 2. The first kappa shape index (κ1) is 18.2. The molecule has 0 radical (unpaired) electrons. The molecular formula is C25H30BNO2. The standard InChI is InChI=1S/C25H30BNO2/c1-24(2)25(3,4)29-26(28-24)19-6-8-23(27-14-19)16-5-7-20-21-11-15-9-17(21)12-18(10-15)22(20)13-16/h5-8,13-15,17-18,21H,9-12H2,1-4H3. The minimum absolute atomic E-state index is 0.326. The summed E-state index contributed by atoms with van der Waals surface area (Å²) in [4.78, 5) is 4.79. The molecule has 1 aliphatic heterocycles. The first-order valence-corrected chi connectivity index (χ1v) is 11.3. The van der Waals surface area contributed by atoms with E-state index in [1.54, 1.807) is 11.1 Å². The van der Waals surface area contributed by atoms with Crippen molar-refractivity contribution in [3.63, 3.8) is 0 Å². The zero-order chi connectivity index (χ0) is 20.0.